The summed E-state index contributed by atoms with van der Waals surface area (Å²) in [6.07, 6.45) is 5.13. The van der Waals surface area contributed by atoms with E-state index in [2.05, 4.69) is 0 Å². The summed E-state index contributed by atoms with van der Waals surface area (Å²) in [6.45, 7) is 4.09. The van der Waals surface area contributed by atoms with Crippen LogP contribution in [0.15, 0.2) is 0 Å². The highest BCUT2D eigenvalue weighted by Crippen LogP contribution is 2.23. The molecule has 4 N–H and O–H groups in total. The fraction of sp³-hybridized carbons (Fsp3) is 0.833. The van der Waals surface area contributed by atoms with E-state index in [-0.39, 0.29) is 11.8 Å². The summed E-state index contributed by atoms with van der Waals surface area (Å²) in [7, 11) is 0. The molecule has 0 saturated heterocycles. The zero-order valence-corrected chi connectivity index (χ0v) is 10.4. The van der Waals surface area contributed by atoms with Crippen LogP contribution in [0.25, 0.3) is 0 Å². The molecule has 2 amide bonds. The summed E-state index contributed by atoms with van der Waals surface area (Å²) in [6, 6.07) is 0. The second kappa shape index (κ2) is 8.13. The van der Waals surface area contributed by atoms with E-state index in [1.54, 1.807) is 0 Å². The van der Waals surface area contributed by atoms with Gasteiger partial charge in [-0.1, -0.05) is 39.5 Å². The molecule has 0 aromatic heterocycles. The van der Waals surface area contributed by atoms with Gasteiger partial charge in [0.15, 0.2) is 0 Å². The Bertz CT molecular complexity index is 205. The predicted octanol–water partition coefficient (Wildman–Crippen LogP) is 1.57. The van der Waals surface area contributed by atoms with Gasteiger partial charge >= 0.3 is 0 Å². The molecule has 0 aromatic rings. The molecule has 0 radical (unpaired) electrons. The average molecular weight is 228 g/mol. The molecule has 0 aliphatic rings. The molecule has 0 fully saturated rings. The van der Waals surface area contributed by atoms with Crippen molar-refractivity contribution in [2.45, 2.75) is 52.4 Å². The summed E-state index contributed by atoms with van der Waals surface area (Å²) in [4.78, 5) is 22.7. The Hall–Kier alpha value is -1.06. The number of carbonyl (C=O) groups excluding carboxylic acids is 2. The number of amides is 2. The highest BCUT2D eigenvalue weighted by atomic mass is 16.2. The molecule has 4 nitrogen and oxygen atoms in total. The van der Waals surface area contributed by atoms with Crippen LogP contribution in [0.3, 0.4) is 0 Å². The molecule has 2 unspecified atom stereocenters. The third kappa shape index (κ3) is 5.14. The van der Waals surface area contributed by atoms with E-state index in [1.165, 1.54) is 0 Å². The van der Waals surface area contributed by atoms with Crippen molar-refractivity contribution in [2.75, 3.05) is 0 Å². The highest BCUT2D eigenvalue weighted by Gasteiger charge is 2.29. The Morgan fingerprint density at radius 2 is 1.19 bits per heavy atom. The van der Waals surface area contributed by atoms with Crippen molar-refractivity contribution in [2.24, 2.45) is 23.3 Å². The first-order valence-electron chi connectivity index (χ1n) is 6.13. The molecule has 0 aromatic carbocycles. The van der Waals surface area contributed by atoms with Crippen LogP contribution in [0.1, 0.15) is 52.4 Å². The van der Waals surface area contributed by atoms with Gasteiger partial charge in [0.25, 0.3) is 0 Å². The standard InChI is InChI=1S/C12H24N2O2/c1-3-5-7-9(11(13)15)10(12(14)16)8-6-4-2/h9-10H,3-8H2,1-2H3,(H2,13,15)(H2,14,16). The number of hydrogen-bond acceptors (Lipinski definition) is 2. The van der Waals surface area contributed by atoms with Crippen LogP contribution in [0.5, 0.6) is 0 Å². The van der Waals surface area contributed by atoms with Gasteiger partial charge in [0.1, 0.15) is 0 Å². The van der Waals surface area contributed by atoms with Gasteiger partial charge in [-0.2, -0.15) is 0 Å². The van der Waals surface area contributed by atoms with Crippen LogP contribution < -0.4 is 11.5 Å². The molecule has 16 heavy (non-hydrogen) atoms. The van der Waals surface area contributed by atoms with Crippen molar-refractivity contribution < 1.29 is 9.59 Å². The third-order valence-corrected chi connectivity index (χ3v) is 2.95. The average Bonchev–Trinajstić information content (AvgIpc) is 2.21. The van der Waals surface area contributed by atoms with Gasteiger partial charge in [-0.25, -0.2) is 0 Å². The van der Waals surface area contributed by atoms with E-state index in [1.807, 2.05) is 13.8 Å². The number of primary amides is 2. The quantitative estimate of drug-likeness (QED) is 0.627. The lowest BCUT2D eigenvalue weighted by molar-refractivity contribution is -0.132. The summed E-state index contributed by atoms with van der Waals surface area (Å²) in [5.41, 5.74) is 10.7. The summed E-state index contributed by atoms with van der Waals surface area (Å²) in [5.74, 6) is -1.56. The normalized spacial score (nSPS) is 14.4. The van der Waals surface area contributed by atoms with Gasteiger partial charge in [0.05, 0.1) is 0 Å². The number of nitrogens with two attached hydrogens (primary N) is 2. The van der Waals surface area contributed by atoms with Gasteiger partial charge in [-0.15, -0.1) is 0 Å². The Labute approximate surface area is 97.8 Å². The zero-order chi connectivity index (χ0) is 12.6. The van der Waals surface area contributed by atoms with Crippen LogP contribution >= 0.6 is 0 Å². The zero-order valence-electron chi connectivity index (χ0n) is 10.4. The summed E-state index contributed by atoms with van der Waals surface area (Å²) < 4.78 is 0. The Morgan fingerprint density at radius 1 is 0.875 bits per heavy atom. The van der Waals surface area contributed by atoms with Crippen LogP contribution in [0.2, 0.25) is 0 Å². The fourth-order valence-electron chi connectivity index (χ4n) is 1.93. The molecule has 4 heteroatoms. The smallest absolute Gasteiger partial charge is 0.221 e. The van der Waals surface area contributed by atoms with E-state index in [0.29, 0.717) is 12.8 Å². The first-order valence-corrected chi connectivity index (χ1v) is 6.13. The second-order valence-electron chi connectivity index (χ2n) is 4.30. The summed E-state index contributed by atoms with van der Waals surface area (Å²) in [5, 5.41) is 0. The molecule has 94 valence electrons. The molecule has 0 aliphatic heterocycles. The maximum absolute atomic E-state index is 11.3. The lowest BCUT2D eigenvalue weighted by atomic mass is 9.83. The molecular weight excluding hydrogens is 204 g/mol. The van der Waals surface area contributed by atoms with Crippen molar-refractivity contribution in [1.82, 2.24) is 0 Å². The van der Waals surface area contributed by atoms with Crippen molar-refractivity contribution in [3.8, 4) is 0 Å². The molecule has 0 rings (SSSR count). The van der Waals surface area contributed by atoms with Crippen molar-refractivity contribution in [1.29, 1.82) is 0 Å². The molecule has 0 heterocycles. The SMILES string of the molecule is CCCCC(C(N)=O)C(CCCC)C(N)=O. The maximum Gasteiger partial charge on any atom is 0.221 e. The Balaban J connectivity index is 4.52. The van der Waals surface area contributed by atoms with Gasteiger partial charge in [0.2, 0.25) is 11.8 Å². The molecule has 0 saturated carbocycles. The molecule has 0 aliphatic carbocycles. The predicted molar refractivity (Wildman–Crippen MR) is 64.4 cm³/mol. The van der Waals surface area contributed by atoms with Gasteiger partial charge in [-0.3, -0.25) is 9.59 Å². The molecular formula is C12H24N2O2. The fourth-order valence-corrected chi connectivity index (χ4v) is 1.93. The van der Waals surface area contributed by atoms with Gasteiger partial charge < -0.3 is 11.5 Å². The Kier molecular flexibility index (Phi) is 7.60. The highest BCUT2D eigenvalue weighted by molar-refractivity contribution is 5.85. The number of hydrogen-bond donors (Lipinski definition) is 2. The van der Waals surface area contributed by atoms with Crippen LogP contribution in [-0.4, -0.2) is 11.8 Å². The van der Waals surface area contributed by atoms with Crippen LogP contribution in [0, 0.1) is 11.8 Å². The lowest BCUT2D eigenvalue weighted by Gasteiger charge is -2.21. The first-order chi connectivity index (χ1) is 7.54. The van der Waals surface area contributed by atoms with Crippen molar-refractivity contribution in [3.05, 3.63) is 0 Å². The van der Waals surface area contributed by atoms with Crippen molar-refractivity contribution in [3.63, 3.8) is 0 Å². The third-order valence-electron chi connectivity index (χ3n) is 2.95. The number of carbonyl (C=O) groups is 2. The first kappa shape index (κ1) is 14.9. The number of rotatable bonds is 9. The van der Waals surface area contributed by atoms with Crippen molar-refractivity contribution >= 4 is 11.8 Å². The van der Waals surface area contributed by atoms with E-state index in [4.69, 9.17) is 11.5 Å². The topological polar surface area (TPSA) is 86.2 Å². The van der Waals surface area contributed by atoms with Crippen LogP contribution in [-0.2, 0) is 9.59 Å². The van der Waals surface area contributed by atoms with E-state index < -0.39 is 11.8 Å². The second-order valence-corrected chi connectivity index (χ2v) is 4.30. The summed E-state index contributed by atoms with van der Waals surface area (Å²) >= 11 is 0. The van der Waals surface area contributed by atoms with Crippen LogP contribution in [0.4, 0.5) is 0 Å². The van der Waals surface area contributed by atoms with E-state index in [9.17, 15) is 9.59 Å². The van der Waals surface area contributed by atoms with Gasteiger partial charge in [-0.05, 0) is 12.8 Å². The molecule has 0 bridgehead atoms. The minimum Gasteiger partial charge on any atom is -0.369 e. The number of unbranched alkanes of at least 4 members (excludes halogenated alkanes) is 2. The minimum atomic E-state index is -0.395. The largest absolute Gasteiger partial charge is 0.369 e. The molecule has 0 spiro atoms. The lowest BCUT2D eigenvalue weighted by Crippen LogP contribution is -2.37. The molecule has 2 atom stereocenters. The minimum absolute atomic E-state index is 0.385. The Morgan fingerprint density at radius 3 is 1.38 bits per heavy atom. The van der Waals surface area contributed by atoms with E-state index >= 15 is 0 Å². The van der Waals surface area contributed by atoms with E-state index in [0.717, 1.165) is 25.7 Å². The monoisotopic (exact) mass is 228 g/mol. The maximum atomic E-state index is 11.3. The van der Waals surface area contributed by atoms with Gasteiger partial charge in [0, 0.05) is 11.8 Å².